The van der Waals surface area contributed by atoms with Crippen LogP contribution in [0.25, 0.3) is 11.0 Å². The quantitative estimate of drug-likeness (QED) is 0.739. The Morgan fingerprint density at radius 3 is 3.00 bits per heavy atom. The van der Waals surface area contributed by atoms with Gasteiger partial charge in [-0.2, -0.15) is 0 Å². The fraction of sp³-hybridized carbons (Fsp3) is 0.231. The number of hydrogen-bond donors (Lipinski definition) is 1. The summed E-state index contributed by atoms with van der Waals surface area (Å²) in [6.45, 7) is 2.90. The van der Waals surface area contributed by atoms with Crippen molar-refractivity contribution in [1.82, 2.24) is 14.5 Å². The van der Waals surface area contributed by atoms with Gasteiger partial charge in [-0.05, 0) is 31.3 Å². The van der Waals surface area contributed by atoms with Crippen molar-refractivity contribution in [2.24, 2.45) is 0 Å². The maximum Gasteiger partial charge on any atom is 0.178 e. The highest BCUT2D eigenvalue weighted by atomic mass is 32.1. The molecule has 0 unspecified atom stereocenters. The molecule has 0 aliphatic rings. The van der Waals surface area contributed by atoms with E-state index < -0.39 is 0 Å². The number of benzene rings is 1. The van der Waals surface area contributed by atoms with Crippen molar-refractivity contribution in [3.63, 3.8) is 0 Å². The van der Waals surface area contributed by atoms with Crippen molar-refractivity contribution in [2.75, 3.05) is 0 Å². The highest BCUT2D eigenvalue weighted by Gasteiger charge is 2.05. The molecule has 3 nitrogen and oxygen atoms in total. The number of aromatic amines is 1. The van der Waals surface area contributed by atoms with Crippen molar-refractivity contribution < 1.29 is 0 Å². The van der Waals surface area contributed by atoms with Crippen LogP contribution in [0.4, 0.5) is 0 Å². The van der Waals surface area contributed by atoms with Crippen molar-refractivity contribution in [1.29, 1.82) is 0 Å². The molecule has 0 saturated heterocycles. The van der Waals surface area contributed by atoms with Gasteiger partial charge in [0, 0.05) is 24.0 Å². The number of aromatic nitrogens is 3. The molecule has 0 atom stereocenters. The summed E-state index contributed by atoms with van der Waals surface area (Å²) in [5.74, 6) is 0. The van der Waals surface area contributed by atoms with Crippen molar-refractivity contribution in [3.8, 4) is 0 Å². The molecular formula is C13H13N3S2. The molecule has 0 aliphatic heterocycles. The monoisotopic (exact) mass is 275 g/mol. The lowest BCUT2D eigenvalue weighted by atomic mass is 10.3. The van der Waals surface area contributed by atoms with E-state index in [2.05, 4.69) is 32.0 Å². The van der Waals surface area contributed by atoms with E-state index >= 15 is 0 Å². The first kappa shape index (κ1) is 11.6. The second-order valence-electron chi connectivity index (χ2n) is 4.23. The van der Waals surface area contributed by atoms with Crippen LogP contribution in [0.2, 0.25) is 0 Å². The topological polar surface area (TPSA) is 33.6 Å². The average molecular weight is 275 g/mol. The molecule has 18 heavy (non-hydrogen) atoms. The normalized spacial score (nSPS) is 11.2. The minimum Gasteiger partial charge on any atom is -0.331 e. The number of aryl methyl sites for hydroxylation is 3. The second kappa shape index (κ2) is 4.66. The molecule has 2 heterocycles. The minimum atomic E-state index is 0.782. The first-order chi connectivity index (χ1) is 8.74. The Kier molecular flexibility index (Phi) is 3.01. The molecule has 0 spiro atoms. The van der Waals surface area contributed by atoms with Crippen LogP contribution < -0.4 is 0 Å². The van der Waals surface area contributed by atoms with Crippen molar-refractivity contribution >= 4 is 34.6 Å². The van der Waals surface area contributed by atoms with Crippen molar-refractivity contribution in [2.45, 2.75) is 19.9 Å². The molecule has 2 aromatic heterocycles. The molecule has 92 valence electrons. The Balaban J connectivity index is 1.90. The standard InChI is InChI=1S/C13H13N3S2/c1-9-8-18-12(14-9)6-7-16-11-5-3-2-4-10(11)15-13(16)17/h2-5,8H,6-7H2,1H3,(H,15,17). The zero-order chi connectivity index (χ0) is 12.5. The van der Waals surface area contributed by atoms with E-state index in [1.165, 1.54) is 5.01 Å². The number of nitrogens with zero attached hydrogens (tertiary/aromatic N) is 2. The Morgan fingerprint density at radius 1 is 1.39 bits per heavy atom. The minimum absolute atomic E-state index is 0.782. The lowest BCUT2D eigenvalue weighted by Gasteiger charge is -2.02. The van der Waals surface area contributed by atoms with Gasteiger partial charge in [0.1, 0.15) is 0 Å². The molecule has 5 heteroatoms. The van der Waals surface area contributed by atoms with Gasteiger partial charge in [-0.1, -0.05) is 12.1 Å². The smallest absolute Gasteiger partial charge is 0.178 e. The first-order valence-electron chi connectivity index (χ1n) is 5.82. The summed E-state index contributed by atoms with van der Waals surface area (Å²) in [6.07, 6.45) is 0.925. The van der Waals surface area contributed by atoms with Crippen molar-refractivity contribution in [3.05, 3.63) is 45.1 Å². The predicted molar refractivity (Wildman–Crippen MR) is 77.7 cm³/mol. The summed E-state index contributed by atoms with van der Waals surface area (Å²) in [6, 6.07) is 8.20. The average Bonchev–Trinajstić information content (AvgIpc) is 2.90. The van der Waals surface area contributed by atoms with Crippen LogP contribution >= 0.6 is 23.6 Å². The molecule has 3 rings (SSSR count). The molecule has 3 aromatic rings. The van der Waals surface area contributed by atoms with Crippen LogP contribution in [0.3, 0.4) is 0 Å². The Morgan fingerprint density at radius 2 is 2.22 bits per heavy atom. The Labute approximate surface area is 114 Å². The second-order valence-corrected chi connectivity index (χ2v) is 5.56. The zero-order valence-electron chi connectivity index (χ0n) is 10.0. The molecule has 1 aromatic carbocycles. The summed E-state index contributed by atoms with van der Waals surface area (Å²) in [5, 5.41) is 3.25. The van der Waals surface area contributed by atoms with Crippen LogP contribution in [0.5, 0.6) is 0 Å². The molecule has 0 bridgehead atoms. The lowest BCUT2D eigenvalue weighted by molar-refractivity contribution is 0.703. The van der Waals surface area contributed by atoms with Crippen LogP contribution in [0.1, 0.15) is 10.7 Å². The van der Waals surface area contributed by atoms with E-state index in [0.717, 1.165) is 34.5 Å². The van der Waals surface area contributed by atoms with Gasteiger partial charge in [-0.3, -0.25) is 0 Å². The number of hydrogen-bond acceptors (Lipinski definition) is 3. The fourth-order valence-corrected chi connectivity index (χ4v) is 3.12. The Hall–Kier alpha value is -1.46. The maximum absolute atomic E-state index is 5.36. The predicted octanol–water partition coefficient (Wildman–Crippen LogP) is 3.71. The SMILES string of the molecule is Cc1csc(CCn2c(=S)[nH]c3ccccc32)n1. The third-order valence-corrected chi connectivity index (χ3v) is 4.25. The number of para-hydroxylation sites is 2. The third kappa shape index (κ3) is 2.11. The van der Waals surface area contributed by atoms with E-state index in [4.69, 9.17) is 12.2 Å². The van der Waals surface area contributed by atoms with E-state index in [-0.39, 0.29) is 0 Å². The van der Waals surface area contributed by atoms with Crippen LogP contribution in [-0.2, 0) is 13.0 Å². The Bertz CT molecular complexity index is 736. The van der Waals surface area contributed by atoms with Gasteiger partial charge in [-0.15, -0.1) is 11.3 Å². The van der Waals surface area contributed by atoms with Crippen LogP contribution in [0, 0.1) is 11.7 Å². The van der Waals surface area contributed by atoms with E-state index in [0.29, 0.717) is 0 Å². The highest BCUT2D eigenvalue weighted by molar-refractivity contribution is 7.71. The summed E-state index contributed by atoms with van der Waals surface area (Å²) in [7, 11) is 0. The summed E-state index contributed by atoms with van der Waals surface area (Å²) < 4.78 is 2.92. The molecule has 0 aliphatic carbocycles. The molecule has 0 radical (unpaired) electrons. The molecule has 0 saturated carbocycles. The summed E-state index contributed by atoms with van der Waals surface area (Å²) >= 11 is 7.08. The highest BCUT2D eigenvalue weighted by Crippen LogP contribution is 2.15. The van der Waals surface area contributed by atoms with Crippen LogP contribution in [-0.4, -0.2) is 14.5 Å². The van der Waals surface area contributed by atoms with Gasteiger partial charge in [0.15, 0.2) is 4.77 Å². The maximum atomic E-state index is 5.36. The molecule has 0 amide bonds. The van der Waals surface area contributed by atoms with Crippen LogP contribution in [0.15, 0.2) is 29.6 Å². The van der Waals surface area contributed by atoms with Gasteiger partial charge in [0.05, 0.1) is 16.0 Å². The largest absolute Gasteiger partial charge is 0.331 e. The van der Waals surface area contributed by atoms with E-state index in [9.17, 15) is 0 Å². The zero-order valence-corrected chi connectivity index (χ0v) is 11.6. The van der Waals surface area contributed by atoms with Gasteiger partial charge in [0.2, 0.25) is 0 Å². The molecular weight excluding hydrogens is 262 g/mol. The van der Waals surface area contributed by atoms with Gasteiger partial charge >= 0.3 is 0 Å². The first-order valence-corrected chi connectivity index (χ1v) is 7.11. The third-order valence-electron chi connectivity index (χ3n) is 2.90. The van der Waals surface area contributed by atoms with Gasteiger partial charge in [0.25, 0.3) is 0 Å². The van der Waals surface area contributed by atoms with Gasteiger partial charge in [-0.25, -0.2) is 4.98 Å². The number of rotatable bonds is 3. The number of imidazole rings is 1. The molecule has 0 fully saturated rings. The van der Waals surface area contributed by atoms with E-state index in [1.807, 2.05) is 19.1 Å². The fourth-order valence-electron chi connectivity index (χ4n) is 2.05. The summed E-state index contributed by atoms with van der Waals surface area (Å²) in [4.78, 5) is 7.71. The number of nitrogens with one attached hydrogen (secondary N) is 1. The summed E-state index contributed by atoms with van der Waals surface area (Å²) in [5.41, 5.74) is 3.35. The number of H-pyrrole nitrogens is 1. The van der Waals surface area contributed by atoms with Gasteiger partial charge < -0.3 is 9.55 Å². The van der Waals surface area contributed by atoms with E-state index in [1.54, 1.807) is 11.3 Å². The number of fused-ring (bicyclic) bond motifs is 1. The lowest BCUT2D eigenvalue weighted by Crippen LogP contribution is -2.01. The molecule has 1 N–H and O–H groups in total. The number of thiazole rings is 1.